The van der Waals surface area contributed by atoms with Crippen LogP contribution in [0.5, 0.6) is 0 Å². The fraction of sp³-hybridized carbons (Fsp3) is 0.462. The first-order valence-corrected chi connectivity index (χ1v) is 6.34. The van der Waals surface area contributed by atoms with Gasteiger partial charge in [0.15, 0.2) is 0 Å². The van der Waals surface area contributed by atoms with Crippen LogP contribution in [-0.2, 0) is 13.1 Å². The third kappa shape index (κ3) is 4.03. The summed E-state index contributed by atoms with van der Waals surface area (Å²) in [6, 6.07) is 2.80. The first kappa shape index (κ1) is 13.5. The van der Waals surface area contributed by atoms with Gasteiger partial charge in [0.05, 0.1) is 6.54 Å². The summed E-state index contributed by atoms with van der Waals surface area (Å²) in [5, 5.41) is 14.2. The molecule has 6 nitrogen and oxygen atoms in total. The van der Waals surface area contributed by atoms with Crippen LogP contribution < -0.4 is 10.6 Å². The van der Waals surface area contributed by atoms with Gasteiger partial charge < -0.3 is 15.1 Å². The number of nitrogens with zero attached hydrogens (tertiary/aromatic N) is 3. The van der Waals surface area contributed by atoms with E-state index in [4.69, 9.17) is 4.42 Å². The molecule has 0 unspecified atom stereocenters. The summed E-state index contributed by atoms with van der Waals surface area (Å²) >= 11 is 0. The predicted molar refractivity (Wildman–Crippen MR) is 72.6 cm³/mol. The van der Waals surface area contributed by atoms with Crippen molar-refractivity contribution in [2.24, 2.45) is 0 Å². The first-order chi connectivity index (χ1) is 9.15. The summed E-state index contributed by atoms with van der Waals surface area (Å²) in [6.45, 7) is 7.39. The lowest BCUT2D eigenvalue weighted by molar-refractivity contribution is 0.458. The fourth-order valence-corrected chi connectivity index (χ4v) is 1.54. The highest BCUT2D eigenvalue weighted by atomic mass is 16.4. The minimum absolute atomic E-state index is 0.390. The molecule has 0 aliphatic heterocycles. The molecule has 2 aromatic heterocycles. The summed E-state index contributed by atoms with van der Waals surface area (Å²) in [7, 11) is 0. The summed E-state index contributed by atoms with van der Waals surface area (Å²) in [5.41, 5.74) is 2.30. The smallest absolute Gasteiger partial charge is 0.315 e. The number of hydrogen-bond acceptors (Lipinski definition) is 6. The van der Waals surface area contributed by atoms with Gasteiger partial charge in [0, 0.05) is 25.0 Å². The Hall–Kier alpha value is -1.95. The van der Waals surface area contributed by atoms with Gasteiger partial charge in [-0.25, -0.2) is 0 Å². The summed E-state index contributed by atoms with van der Waals surface area (Å²) in [4.78, 5) is 4.10. The Morgan fingerprint density at radius 1 is 1.26 bits per heavy atom. The molecule has 0 amide bonds. The molecule has 2 aromatic rings. The summed E-state index contributed by atoms with van der Waals surface area (Å²) in [6.07, 6.45) is 3.61. The molecule has 0 fully saturated rings. The van der Waals surface area contributed by atoms with Gasteiger partial charge in [0.25, 0.3) is 0 Å². The van der Waals surface area contributed by atoms with Gasteiger partial charge in [-0.15, -0.1) is 5.10 Å². The van der Waals surface area contributed by atoms with E-state index in [0.717, 1.165) is 5.56 Å². The van der Waals surface area contributed by atoms with Crippen molar-refractivity contribution in [2.75, 3.05) is 5.32 Å². The molecule has 0 saturated heterocycles. The van der Waals surface area contributed by atoms with Crippen LogP contribution >= 0.6 is 0 Å². The monoisotopic (exact) mass is 261 g/mol. The molecule has 2 rings (SSSR count). The number of nitrogens with one attached hydrogen (secondary N) is 2. The molecule has 19 heavy (non-hydrogen) atoms. The molecular formula is C13H19N5O. The number of anilines is 1. The second kappa shape index (κ2) is 6.29. The van der Waals surface area contributed by atoms with Crippen molar-refractivity contribution in [1.29, 1.82) is 0 Å². The van der Waals surface area contributed by atoms with Crippen LogP contribution in [0.1, 0.15) is 30.9 Å². The quantitative estimate of drug-likeness (QED) is 0.827. The van der Waals surface area contributed by atoms with Gasteiger partial charge in [0.2, 0.25) is 5.89 Å². The Bertz CT molecular complexity index is 523. The standard InChI is InChI=1S/C13H19N5O/c1-9(2)15-8-12-17-18-13(19-12)16-7-11-6-14-5-4-10(11)3/h4-6,9,15H,7-8H2,1-3H3,(H,16,18). The molecule has 0 aliphatic rings. The van der Waals surface area contributed by atoms with E-state index in [-0.39, 0.29) is 0 Å². The highest BCUT2D eigenvalue weighted by molar-refractivity contribution is 5.27. The molecule has 0 radical (unpaired) electrons. The maximum absolute atomic E-state index is 5.48. The average Bonchev–Trinajstić information content (AvgIpc) is 2.83. The molecule has 0 atom stereocenters. The van der Waals surface area contributed by atoms with E-state index in [1.165, 1.54) is 5.56 Å². The van der Waals surface area contributed by atoms with Gasteiger partial charge in [-0.05, 0) is 24.1 Å². The third-order valence-corrected chi connectivity index (χ3v) is 2.71. The molecule has 2 N–H and O–H groups in total. The van der Waals surface area contributed by atoms with Crippen LogP contribution in [0.4, 0.5) is 6.01 Å². The topological polar surface area (TPSA) is 75.9 Å². The Kier molecular flexibility index (Phi) is 4.46. The molecule has 2 heterocycles. The van der Waals surface area contributed by atoms with E-state index < -0.39 is 0 Å². The number of aryl methyl sites for hydroxylation is 1. The van der Waals surface area contributed by atoms with Gasteiger partial charge in [0.1, 0.15) is 0 Å². The third-order valence-electron chi connectivity index (χ3n) is 2.71. The van der Waals surface area contributed by atoms with Gasteiger partial charge in [-0.1, -0.05) is 18.9 Å². The minimum Gasteiger partial charge on any atom is -0.407 e. The van der Waals surface area contributed by atoms with Crippen LogP contribution in [0.25, 0.3) is 0 Å². The highest BCUT2D eigenvalue weighted by Gasteiger charge is 2.06. The lowest BCUT2D eigenvalue weighted by atomic mass is 10.2. The molecule has 0 bridgehead atoms. The average molecular weight is 261 g/mol. The van der Waals surface area contributed by atoms with E-state index in [9.17, 15) is 0 Å². The van der Waals surface area contributed by atoms with Crippen molar-refractivity contribution in [3.8, 4) is 0 Å². The van der Waals surface area contributed by atoms with Crippen LogP contribution in [0, 0.1) is 6.92 Å². The van der Waals surface area contributed by atoms with Gasteiger partial charge >= 0.3 is 6.01 Å². The van der Waals surface area contributed by atoms with E-state index in [1.54, 1.807) is 6.20 Å². The van der Waals surface area contributed by atoms with Crippen LogP contribution in [-0.4, -0.2) is 21.2 Å². The van der Waals surface area contributed by atoms with Crippen molar-refractivity contribution >= 4 is 6.01 Å². The van der Waals surface area contributed by atoms with Gasteiger partial charge in [-0.3, -0.25) is 4.98 Å². The molecule has 0 aliphatic carbocycles. The Labute approximate surface area is 112 Å². The maximum atomic E-state index is 5.48. The second-order valence-electron chi connectivity index (χ2n) is 4.69. The van der Waals surface area contributed by atoms with Crippen molar-refractivity contribution in [3.05, 3.63) is 35.5 Å². The molecule has 0 aromatic carbocycles. The number of rotatable bonds is 6. The Morgan fingerprint density at radius 3 is 2.84 bits per heavy atom. The Balaban J connectivity index is 1.88. The fourth-order valence-electron chi connectivity index (χ4n) is 1.54. The van der Waals surface area contributed by atoms with Crippen molar-refractivity contribution in [1.82, 2.24) is 20.5 Å². The SMILES string of the molecule is Cc1ccncc1CNc1nnc(CNC(C)C)o1. The lowest BCUT2D eigenvalue weighted by Gasteiger charge is -2.05. The predicted octanol–water partition coefficient (Wildman–Crippen LogP) is 1.88. The first-order valence-electron chi connectivity index (χ1n) is 6.34. The summed E-state index contributed by atoms with van der Waals surface area (Å²) < 4.78 is 5.48. The largest absolute Gasteiger partial charge is 0.407 e. The molecular weight excluding hydrogens is 242 g/mol. The normalized spacial score (nSPS) is 10.9. The maximum Gasteiger partial charge on any atom is 0.315 e. The minimum atomic E-state index is 0.390. The number of pyridine rings is 1. The molecule has 102 valence electrons. The second-order valence-corrected chi connectivity index (χ2v) is 4.69. The van der Waals surface area contributed by atoms with Crippen molar-refractivity contribution in [3.63, 3.8) is 0 Å². The Morgan fingerprint density at radius 2 is 2.11 bits per heavy atom. The van der Waals surface area contributed by atoms with Gasteiger partial charge in [-0.2, -0.15) is 0 Å². The number of aromatic nitrogens is 3. The van der Waals surface area contributed by atoms with Crippen LogP contribution in [0.3, 0.4) is 0 Å². The molecule has 0 saturated carbocycles. The van der Waals surface area contributed by atoms with Crippen molar-refractivity contribution in [2.45, 2.75) is 39.9 Å². The van der Waals surface area contributed by atoms with E-state index in [2.05, 4.69) is 39.7 Å². The summed E-state index contributed by atoms with van der Waals surface area (Å²) in [5.74, 6) is 0.583. The van der Waals surface area contributed by atoms with E-state index in [0.29, 0.717) is 31.0 Å². The van der Waals surface area contributed by atoms with E-state index in [1.807, 2.05) is 19.2 Å². The molecule has 6 heteroatoms. The zero-order valence-electron chi connectivity index (χ0n) is 11.5. The zero-order chi connectivity index (χ0) is 13.7. The highest BCUT2D eigenvalue weighted by Crippen LogP contribution is 2.10. The van der Waals surface area contributed by atoms with Crippen LogP contribution in [0.2, 0.25) is 0 Å². The molecule has 0 spiro atoms. The van der Waals surface area contributed by atoms with E-state index >= 15 is 0 Å². The zero-order valence-corrected chi connectivity index (χ0v) is 11.5. The van der Waals surface area contributed by atoms with Crippen LogP contribution in [0.15, 0.2) is 22.9 Å². The lowest BCUT2D eigenvalue weighted by Crippen LogP contribution is -2.21. The van der Waals surface area contributed by atoms with Crippen molar-refractivity contribution < 1.29 is 4.42 Å². The number of hydrogen-bond donors (Lipinski definition) is 2.